The van der Waals surface area contributed by atoms with Gasteiger partial charge in [-0.15, -0.1) is 0 Å². The molecule has 0 saturated carbocycles. The minimum atomic E-state index is -0.0325. The summed E-state index contributed by atoms with van der Waals surface area (Å²) < 4.78 is 0. The van der Waals surface area contributed by atoms with Crippen LogP contribution < -0.4 is 4.90 Å². The summed E-state index contributed by atoms with van der Waals surface area (Å²) in [6, 6.07) is 17.9. The number of para-hydroxylation sites is 2. The first-order valence-electron chi connectivity index (χ1n) is 9.00. The summed E-state index contributed by atoms with van der Waals surface area (Å²) in [6.07, 6.45) is 1.22. The number of aliphatic hydroxyl groups is 1. The van der Waals surface area contributed by atoms with Crippen LogP contribution in [0, 0.1) is 12.8 Å². The van der Waals surface area contributed by atoms with Gasteiger partial charge in [-0.3, -0.25) is 9.78 Å². The first-order chi connectivity index (χ1) is 12.7. The molecule has 1 N–H and O–H groups in total. The van der Waals surface area contributed by atoms with Gasteiger partial charge in [0.2, 0.25) is 5.91 Å². The molecule has 1 aliphatic heterocycles. The van der Waals surface area contributed by atoms with Crippen molar-refractivity contribution in [3.8, 4) is 0 Å². The molecule has 4 rings (SSSR count). The SMILES string of the molecule is Cc1cccc2cc(CO)c(CC3CC(=O)N(c4ccccc4)C3)nc12. The Kier molecular flexibility index (Phi) is 4.43. The number of anilines is 1. The zero-order valence-electron chi connectivity index (χ0n) is 14.9. The topological polar surface area (TPSA) is 53.4 Å². The molecule has 0 bridgehead atoms. The molecule has 2 aromatic carbocycles. The molecule has 0 aliphatic carbocycles. The molecule has 1 aliphatic rings. The van der Waals surface area contributed by atoms with E-state index in [4.69, 9.17) is 4.98 Å². The second kappa shape index (κ2) is 6.89. The van der Waals surface area contributed by atoms with Gasteiger partial charge >= 0.3 is 0 Å². The van der Waals surface area contributed by atoms with Crippen LogP contribution in [0.3, 0.4) is 0 Å². The van der Waals surface area contributed by atoms with Crippen molar-refractivity contribution in [2.45, 2.75) is 26.4 Å². The minimum absolute atomic E-state index is 0.0325. The summed E-state index contributed by atoms with van der Waals surface area (Å²) >= 11 is 0. The van der Waals surface area contributed by atoms with Crippen molar-refractivity contribution in [3.05, 3.63) is 71.4 Å². The Labute approximate surface area is 153 Å². The number of rotatable bonds is 4. The van der Waals surface area contributed by atoms with E-state index in [1.165, 1.54) is 0 Å². The molecule has 1 fully saturated rings. The fourth-order valence-corrected chi connectivity index (χ4v) is 3.79. The van der Waals surface area contributed by atoms with Gasteiger partial charge in [-0.2, -0.15) is 0 Å². The lowest BCUT2D eigenvalue weighted by atomic mass is 9.97. The van der Waals surface area contributed by atoms with E-state index in [2.05, 4.69) is 0 Å². The average Bonchev–Trinajstić information content (AvgIpc) is 3.03. The van der Waals surface area contributed by atoms with Gasteiger partial charge in [-0.25, -0.2) is 0 Å². The van der Waals surface area contributed by atoms with Gasteiger partial charge in [0.05, 0.1) is 12.1 Å². The first kappa shape index (κ1) is 16.7. The third-order valence-corrected chi connectivity index (χ3v) is 5.14. The van der Waals surface area contributed by atoms with Crippen molar-refractivity contribution in [2.75, 3.05) is 11.4 Å². The number of hydrogen-bond donors (Lipinski definition) is 1. The van der Waals surface area contributed by atoms with Crippen LogP contribution in [0.4, 0.5) is 5.69 Å². The number of nitrogens with zero attached hydrogens (tertiary/aromatic N) is 2. The molecule has 132 valence electrons. The lowest BCUT2D eigenvalue weighted by Gasteiger charge is -2.17. The summed E-state index contributed by atoms with van der Waals surface area (Å²) in [5, 5.41) is 10.8. The van der Waals surface area contributed by atoms with Crippen molar-refractivity contribution in [3.63, 3.8) is 0 Å². The molecule has 3 aromatic rings. The van der Waals surface area contributed by atoms with Crippen LogP contribution in [0.1, 0.15) is 23.2 Å². The molecule has 1 saturated heterocycles. The van der Waals surface area contributed by atoms with Crippen LogP contribution in [0.15, 0.2) is 54.6 Å². The second-order valence-electron chi connectivity index (χ2n) is 7.01. The molecule has 4 heteroatoms. The number of fused-ring (bicyclic) bond motifs is 1. The van der Waals surface area contributed by atoms with Crippen molar-refractivity contribution < 1.29 is 9.90 Å². The van der Waals surface area contributed by atoms with Crippen LogP contribution in [0.25, 0.3) is 10.9 Å². The highest BCUT2D eigenvalue weighted by Crippen LogP contribution is 2.29. The van der Waals surface area contributed by atoms with Crippen LogP contribution in [0.2, 0.25) is 0 Å². The van der Waals surface area contributed by atoms with Gasteiger partial charge in [0.15, 0.2) is 0 Å². The summed E-state index contributed by atoms with van der Waals surface area (Å²) in [7, 11) is 0. The fourth-order valence-electron chi connectivity index (χ4n) is 3.79. The van der Waals surface area contributed by atoms with E-state index in [1.54, 1.807) is 0 Å². The van der Waals surface area contributed by atoms with E-state index in [-0.39, 0.29) is 18.4 Å². The largest absolute Gasteiger partial charge is 0.392 e. The molecule has 0 spiro atoms. The number of benzene rings is 2. The number of amides is 1. The number of carbonyl (C=O) groups excluding carboxylic acids is 1. The Balaban J connectivity index is 1.61. The maximum Gasteiger partial charge on any atom is 0.227 e. The highest BCUT2D eigenvalue weighted by atomic mass is 16.3. The van der Waals surface area contributed by atoms with Crippen LogP contribution in [-0.2, 0) is 17.8 Å². The molecule has 26 heavy (non-hydrogen) atoms. The third kappa shape index (κ3) is 3.08. The van der Waals surface area contributed by atoms with E-state index in [9.17, 15) is 9.90 Å². The highest BCUT2D eigenvalue weighted by Gasteiger charge is 2.31. The van der Waals surface area contributed by atoms with E-state index in [0.717, 1.165) is 33.4 Å². The Morgan fingerprint density at radius 2 is 1.96 bits per heavy atom. The lowest BCUT2D eigenvalue weighted by molar-refractivity contribution is -0.117. The Hall–Kier alpha value is -2.72. The van der Waals surface area contributed by atoms with E-state index in [0.29, 0.717) is 19.4 Å². The lowest BCUT2D eigenvalue weighted by Crippen LogP contribution is -2.24. The first-order valence-corrected chi connectivity index (χ1v) is 9.00. The Bertz CT molecular complexity index is 953. The molecule has 0 radical (unpaired) electrons. The van der Waals surface area contributed by atoms with Gasteiger partial charge in [0.25, 0.3) is 0 Å². The van der Waals surface area contributed by atoms with Gasteiger partial charge in [0.1, 0.15) is 0 Å². The molecular formula is C22H22N2O2. The zero-order chi connectivity index (χ0) is 18.1. The number of aryl methyl sites for hydroxylation is 1. The standard InChI is InChI=1S/C22H22N2O2/c1-15-6-5-7-17-12-18(14-25)20(23-22(15)17)10-16-11-21(26)24(13-16)19-8-3-2-4-9-19/h2-9,12,16,25H,10-11,13-14H2,1H3. The predicted molar refractivity (Wildman–Crippen MR) is 103 cm³/mol. The summed E-state index contributed by atoms with van der Waals surface area (Å²) in [5.41, 5.74) is 4.81. The molecule has 1 atom stereocenters. The number of aromatic nitrogens is 1. The molecule has 1 aromatic heterocycles. The van der Waals surface area contributed by atoms with Crippen molar-refractivity contribution in [1.82, 2.24) is 4.98 Å². The van der Waals surface area contributed by atoms with Gasteiger partial charge < -0.3 is 10.0 Å². The quantitative estimate of drug-likeness (QED) is 0.785. The summed E-state index contributed by atoms with van der Waals surface area (Å²) in [5.74, 6) is 0.366. The van der Waals surface area contributed by atoms with Gasteiger partial charge in [-0.05, 0) is 48.6 Å². The van der Waals surface area contributed by atoms with Crippen molar-refractivity contribution >= 4 is 22.5 Å². The molecule has 1 amide bonds. The van der Waals surface area contributed by atoms with E-state index < -0.39 is 0 Å². The molecule has 2 heterocycles. The third-order valence-electron chi connectivity index (χ3n) is 5.14. The smallest absolute Gasteiger partial charge is 0.227 e. The molecular weight excluding hydrogens is 324 g/mol. The number of aliphatic hydroxyl groups excluding tert-OH is 1. The van der Waals surface area contributed by atoms with E-state index in [1.807, 2.05) is 66.4 Å². The fraction of sp³-hybridized carbons (Fsp3) is 0.273. The van der Waals surface area contributed by atoms with Crippen molar-refractivity contribution in [1.29, 1.82) is 0 Å². The minimum Gasteiger partial charge on any atom is -0.392 e. The molecule has 1 unspecified atom stereocenters. The summed E-state index contributed by atoms with van der Waals surface area (Å²) in [6.45, 7) is 2.71. The predicted octanol–water partition coefficient (Wildman–Crippen LogP) is 3.63. The number of hydrogen-bond acceptors (Lipinski definition) is 3. The normalized spacial score (nSPS) is 17.2. The van der Waals surface area contributed by atoms with E-state index >= 15 is 0 Å². The second-order valence-corrected chi connectivity index (χ2v) is 7.01. The number of carbonyl (C=O) groups is 1. The Morgan fingerprint density at radius 3 is 2.73 bits per heavy atom. The van der Waals surface area contributed by atoms with Crippen molar-refractivity contribution in [2.24, 2.45) is 5.92 Å². The van der Waals surface area contributed by atoms with Gasteiger partial charge in [0, 0.05) is 29.7 Å². The monoisotopic (exact) mass is 346 g/mol. The summed E-state index contributed by atoms with van der Waals surface area (Å²) in [4.78, 5) is 19.2. The highest BCUT2D eigenvalue weighted by molar-refractivity contribution is 5.95. The van der Waals surface area contributed by atoms with Crippen LogP contribution >= 0.6 is 0 Å². The zero-order valence-corrected chi connectivity index (χ0v) is 14.9. The maximum absolute atomic E-state index is 12.5. The average molecular weight is 346 g/mol. The Morgan fingerprint density at radius 1 is 1.15 bits per heavy atom. The van der Waals surface area contributed by atoms with Crippen LogP contribution in [0.5, 0.6) is 0 Å². The molecule has 4 nitrogen and oxygen atoms in total. The number of pyridine rings is 1. The van der Waals surface area contributed by atoms with Gasteiger partial charge in [-0.1, -0.05) is 36.4 Å². The maximum atomic E-state index is 12.5. The van der Waals surface area contributed by atoms with Crippen LogP contribution in [-0.4, -0.2) is 22.5 Å².